The molecule has 0 spiro atoms. The highest BCUT2D eigenvalue weighted by atomic mass is 79.9. The summed E-state index contributed by atoms with van der Waals surface area (Å²) in [5.41, 5.74) is -0.641. The first-order chi connectivity index (χ1) is 7.17. The van der Waals surface area contributed by atoms with Gasteiger partial charge in [0.15, 0.2) is 0 Å². The Hall–Kier alpha value is -0.340. The van der Waals surface area contributed by atoms with Crippen molar-refractivity contribution in [3.63, 3.8) is 0 Å². The van der Waals surface area contributed by atoms with Crippen LogP contribution >= 0.6 is 15.9 Å². The molecule has 0 fully saturated rings. The molecular weight excluding hydrogens is 300 g/mol. The zero-order chi connectivity index (χ0) is 13.0. The Morgan fingerprint density at radius 2 is 2.00 bits per heavy atom. The van der Waals surface area contributed by atoms with Gasteiger partial charge in [-0.1, -0.05) is 15.9 Å². The SMILES string of the molecule is CCOC(=O)NS(=O)(=O)N(C)C(C)(C)CBr. The highest BCUT2D eigenvalue weighted by Crippen LogP contribution is 2.17. The van der Waals surface area contributed by atoms with Crippen LogP contribution in [0.15, 0.2) is 0 Å². The van der Waals surface area contributed by atoms with Crippen molar-refractivity contribution in [1.29, 1.82) is 0 Å². The number of hydrogen-bond donors (Lipinski definition) is 1. The number of rotatable bonds is 5. The van der Waals surface area contributed by atoms with Gasteiger partial charge in [0, 0.05) is 17.9 Å². The van der Waals surface area contributed by atoms with Gasteiger partial charge in [-0.2, -0.15) is 12.7 Å². The molecule has 0 aromatic heterocycles. The van der Waals surface area contributed by atoms with Crippen LogP contribution in [0.25, 0.3) is 0 Å². The van der Waals surface area contributed by atoms with Gasteiger partial charge in [0.2, 0.25) is 0 Å². The number of hydrogen-bond acceptors (Lipinski definition) is 4. The van der Waals surface area contributed by atoms with Crippen LogP contribution in [0.2, 0.25) is 0 Å². The van der Waals surface area contributed by atoms with Crippen molar-refractivity contribution in [3.8, 4) is 0 Å². The van der Waals surface area contributed by atoms with E-state index in [0.717, 1.165) is 4.31 Å². The number of carbonyl (C=O) groups excluding carboxylic acids is 1. The Bertz CT molecular complexity index is 342. The molecule has 0 aliphatic carbocycles. The van der Waals surface area contributed by atoms with Gasteiger partial charge in [-0.3, -0.25) is 0 Å². The molecule has 0 aromatic carbocycles. The number of amides is 1. The first kappa shape index (κ1) is 15.7. The highest BCUT2D eigenvalue weighted by Gasteiger charge is 2.33. The summed E-state index contributed by atoms with van der Waals surface area (Å²) >= 11 is 3.21. The van der Waals surface area contributed by atoms with E-state index in [1.807, 2.05) is 4.72 Å². The van der Waals surface area contributed by atoms with E-state index in [1.165, 1.54) is 7.05 Å². The van der Waals surface area contributed by atoms with Crippen LogP contribution in [0.1, 0.15) is 20.8 Å². The van der Waals surface area contributed by atoms with Gasteiger partial charge < -0.3 is 4.74 Å². The summed E-state index contributed by atoms with van der Waals surface area (Å²) in [5, 5.41) is 0.445. The summed E-state index contributed by atoms with van der Waals surface area (Å²) in [6.45, 7) is 5.17. The molecule has 0 saturated heterocycles. The summed E-state index contributed by atoms with van der Waals surface area (Å²) in [5.74, 6) is 0. The maximum absolute atomic E-state index is 11.7. The molecule has 0 aromatic rings. The minimum atomic E-state index is -3.87. The molecule has 96 valence electrons. The molecule has 0 aliphatic heterocycles. The first-order valence-electron chi connectivity index (χ1n) is 4.67. The zero-order valence-electron chi connectivity index (χ0n) is 9.78. The number of alkyl halides is 1. The molecule has 8 heteroatoms. The molecule has 0 heterocycles. The predicted octanol–water partition coefficient (Wildman–Crippen LogP) is 1.08. The monoisotopic (exact) mass is 316 g/mol. The molecule has 1 amide bonds. The lowest BCUT2D eigenvalue weighted by molar-refractivity contribution is 0.157. The normalized spacial score (nSPS) is 12.6. The molecule has 0 radical (unpaired) electrons. The van der Waals surface area contributed by atoms with Crippen LogP contribution in [-0.4, -0.2) is 43.3 Å². The second kappa shape index (κ2) is 5.83. The van der Waals surface area contributed by atoms with E-state index < -0.39 is 21.8 Å². The summed E-state index contributed by atoms with van der Waals surface area (Å²) in [6.07, 6.45) is -0.972. The van der Waals surface area contributed by atoms with E-state index in [2.05, 4.69) is 20.7 Å². The topological polar surface area (TPSA) is 75.7 Å². The van der Waals surface area contributed by atoms with E-state index in [1.54, 1.807) is 20.8 Å². The van der Waals surface area contributed by atoms with Crippen molar-refractivity contribution < 1.29 is 17.9 Å². The van der Waals surface area contributed by atoms with Gasteiger partial charge in [-0.15, -0.1) is 0 Å². The Morgan fingerprint density at radius 3 is 2.38 bits per heavy atom. The van der Waals surface area contributed by atoms with Crippen LogP contribution in [0.5, 0.6) is 0 Å². The lowest BCUT2D eigenvalue weighted by atomic mass is 10.1. The zero-order valence-corrected chi connectivity index (χ0v) is 12.2. The summed E-state index contributed by atoms with van der Waals surface area (Å²) in [4.78, 5) is 11.0. The van der Waals surface area contributed by atoms with E-state index in [0.29, 0.717) is 5.33 Å². The summed E-state index contributed by atoms with van der Waals surface area (Å²) in [7, 11) is -2.48. The van der Waals surface area contributed by atoms with Crippen molar-refractivity contribution in [1.82, 2.24) is 9.03 Å². The third kappa shape index (κ3) is 4.26. The maximum atomic E-state index is 11.7. The van der Waals surface area contributed by atoms with Crippen LogP contribution < -0.4 is 4.72 Å². The molecule has 16 heavy (non-hydrogen) atoms. The minimum Gasteiger partial charge on any atom is -0.449 e. The average molecular weight is 317 g/mol. The molecule has 0 saturated carbocycles. The van der Waals surface area contributed by atoms with Crippen molar-refractivity contribution >= 4 is 32.2 Å². The number of ether oxygens (including phenoxy) is 1. The lowest BCUT2D eigenvalue weighted by Crippen LogP contribution is -2.52. The van der Waals surface area contributed by atoms with Gasteiger partial charge in [0.05, 0.1) is 6.61 Å². The number of halogens is 1. The molecule has 0 bridgehead atoms. The second-order valence-corrected chi connectivity index (χ2v) is 6.00. The van der Waals surface area contributed by atoms with Crippen LogP contribution in [0.4, 0.5) is 4.79 Å². The van der Waals surface area contributed by atoms with Crippen LogP contribution in [0.3, 0.4) is 0 Å². The summed E-state index contributed by atoms with van der Waals surface area (Å²) in [6, 6.07) is 0. The fourth-order valence-corrected chi connectivity index (χ4v) is 2.41. The molecule has 1 N–H and O–H groups in total. The molecule has 0 unspecified atom stereocenters. The Morgan fingerprint density at radius 1 is 1.50 bits per heavy atom. The predicted molar refractivity (Wildman–Crippen MR) is 64.7 cm³/mol. The standard InChI is InChI=1S/C8H17BrN2O4S/c1-5-15-7(12)10-16(13,14)11(4)8(2,3)6-9/h5-6H2,1-4H3,(H,10,12). The fraction of sp³-hybridized carbons (Fsp3) is 0.875. The number of nitrogens with zero attached hydrogens (tertiary/aromatic N) is 1. The lowest BCUT2D eigenvalue weighted by Gasteiger charge is -2.32. The molecule has 0 aliphatic rings. The smallest absolute Gasteiger partial charge is 0.421 e. The second-order valence-electron chi connectivity index (χ2n) is 3.74. The van der Waals surface area contributed by atoms with Crippen molar-refractivity contribution in [3.05, 3.63) is 0 Å². The van der Waals surface area contributed by atoms with E-state index >= 15 is 0 Å². The molecule has 0 rings (SSSR count). The van der Waals surface area contributed by atoms with Gasteiger partial charge >= 0.3 is 16.3 Å². The quantitative estimate of drug-likeness (QED) is 0.770. The number of nitrogens with one attached hydrogen (secondary N) is 1. The average Bonchev–Trinajstić information content (AvgIpc) is 2.16. The van der Waals surface area contributed by atoms with Gasteiger partial charge in [0.25, 0.3) is 0 Å². The first-order valence-corrected chi connectivity index (χ1v) is 7.23. The van der Waals surface area contributed by atoms with E-state index in [-0.39, 0.29) is 6.61 Å². The molecule has 0 atom stereocenters. The van der Waals surface area contributed by atoms with Gasteiger partial charge in [-0.05, 0) is 20.8 Å². The Balaban J connectivity index is 4.74. The van der Waals surface area contributed by atoms with Crippen LogP contribution in [0, 0.1) is 0 Å². The number of carbonyl (C=O) groups is 1. The fourth-order valence-electron chi connectivity index (χ4n) is 0.744. The summed E-state index contributed by atoms with van der Waals surface area (Å²) < 4.78 is 30.8. The molecular formula is C8H17BrN2O4S. The van der Waals surface area contributed by atoms with Crippen molar-refractivity contribution in [2.45, 2.75) is 26.3 Å². The maximum Gasteiger partial charge on any atom is 0.421 e. The van der Waals surface area contributed by atoms with Crippen molar-refractivity contribution in [2.24, 2.45) is 0 Å². The Labute approximate surface area is 105 Å². The van der Waals surface area contributed by atoms with Gasteiger partial charge in [0.1, 0.15) is 0 Å². The largest absolute Gasteiger partial charge is 0.449 e. The minimum absolute atomic E-state index is 0.118. The highest BCUT2D eigenvalue weighted by molar-refractivity contribution is 9.09. The third-order valence-corrected chi connectivity index (χ3v) is 5.04. The van der Waals surface area contributed by atoms with Crippen molar-refractivity contribution in [2.75, 3.05) is 19.0 Å². The van der Waals surface area contributed by atoms with Gasteiger partial charge in [-0.25, -0.2) is 9.52 Å². The third-order valence-electron chi connectivity index (χ3n) is 2.03. The van der Waals surface area contributed by atoms with Crippen LogP contribution in [-0.2, 0) is 14.9 Å². The van der Waals surface area contributed by atoms with E-state index in [4.69, 9.17) is 0 Å². The Kier molecular flexibility index (Phi) is 5.71. The molecule has 6 nitrogen and oxygen atoms in total. The van der Waals surface area contributed by atoms with E-state index in [9.17, 15) is 13.2 Å².